The molecular formula is C17H25NO. The molecule has 2 aliphatic rings. The summed E-state index contributed by atoms with van der Waals surface area (Å²) in [7, 11) is 0. The monoisotopic (exact) mass is 259 g/mol. The van der Waals surface area contributed by atoms with Crippen molar-refractivity contribution < 1.29 is 4.74 Å². The third-order valence-electron chi connectivity index (χ3n) is 4.56. The fraction of sp³-hybridized carbons (Fsp3) is 0.647. The molecule has 1 aliphatic heterocycles. The molecule has 1 aromatic rings. The SMILES string of the molecule is c1cc(C2CNCCO2)ccc1C1CCCCCC1. The van der Waals surface area contributed by atoms with Gasteiger partial charge in [0.1, 0.15) is 0 Å². The Kier molecular flexibility index (Phi) is 4.52. The summed E-state index contributed by atoms with van der Waals surface area (Å²) in [5.41, 5.74) is 2.86. The third-order valence-corrected chi connectivity index (χ3v) is 4.56. The predicted molar refractivity (Wildman–Crippen MR) is 78.4 cm³/mol. The van der Waals surface area contributed by atoms with Crippen LogP contribution in [-0.2, 0) is 4.74 Å². The fourth-order valence-electron chi connectivity index (χ4n) is 3.38. The highest BCUT2D eigenvalue weighted by Gasteiger charge is 2.17. The van der Waals surface area contributed by atoms with Crippen LogP contribution < -0.4 is 5.32 Å². The Morgan fingerprint density at radius 2 is 1.58 bits per heavy atom. The smallest absolute Gasteiger partial charge is 0.0949 e. The minimum absolute atomic E-state index is 0.247. The summed E-state index contributed by atoms with van der Waals surface area (Å²) >= 11 is 0. The van der Waals surface area contributed by atoms with E-state index in [1.165, 1.54) is 49.7 Å². The van der Waals surface area contributed by atoms with Crippen LogP contribution in [0.1, 0.15) is 61.7 Å². The van der Waals surface area contributed by atoms with Gasteiger partial charge in [0.2, 0.25) is 0 Å². The molecule has 3 rings (SSSR count). The lowest BCUT2D eigenvalue weighted by Gasteiger charge is -2.24. The van der Waals surface area contributed by atoms with E-state index in [1.807, 2.05) is 0 Å². The van der Waals surface area contributed by atoms with E-state index >= 15 is 0 Å². The Morgan fingerprint density at radius 3 is 2.21 bits per heavy atom. The van der Waals surface area contributed by atoms with Crippen LogP contribution in [0.25, 0.3) is 0 Å². The van der Waals surface area contributed by atoms with Crippen LogP contribution in [0.2, 0.25) is 0 Å². The van der Waals surface area contributed by atoms with E-state index in [4.69, 9.17) is 4.74 Å². The first kappa shape index (κ1) is 13.1. The summed E-state index contributed by atoms with van der Waals surface area (Å²) in [5.74, 6) is 0.793. The number of benzene rings is 1. The van der Waals surface area contributed by atoms with Crippen LogP contribution in [-0.4, -0.2) is 19.7 Å². The van der Waals surface area contributed by atoms with Gasteiger partial charge in [0.05, 0.1) is 12.7 Å². The summed E-state index contributed by atoms with van der Waals surface area (Å²) in [6, 6.07) is 9.22. The normalized spacial score (nSPS) is 26.0. The van der Waals surface area contributed by atoms with Gasteiger partial charge in [0.15, 0.2) is 0 Å². The molecule has 2 heteroatoms. The maximum absolute atomic E-state index is 5.81. The van der Waals surface area contributed by atoms with Gasteiger partial charge in [0.25, 0.3) is 0 Å². The zero-order valence-electron chi connectivity index (χ0n) is 11.7. The van der Waals surface area contributed by atoms with Gasteiger partial charge in [-0.3, -0.25) is 0 Å². The van der Waals surface area contributed by atoms with E-state index in [0.717, 1.165) is 25.6 Å². The lowest BCUT2D eigenvalue weighted by molar-refractivity contribution is 0.0277. The zero-order chi connectivity index (χ0) is 12.9. The van der Waals surface area contributed by atoms with Crippen LogP contribution in [0.15, 0.2) is 24.3 Å². The molecule has 1 heterocycles. The fourth-order valence-corrected chi connectivity index (χ4v) is 3.38. The minimum Gasteiger partial charge on any atom is -0.371 e. The summed E-state index contributed by atoms with van der Waals surface area (Å²) in [5, 5.41) is 3.39. The molecule has 0 amide bonds. The molecule has 19 heavy (non-hydrogen) atoms. The Bertz CT molecular complexity index is 373. The molecule has 104 valence electrons. The van der Waals surface area contributed by atoms with Crippen LogP contribution in [0.5, 0.6) is 0 Å². The maximum atomic E-state index is 5.81. The van der Waals surface area contributed by atoms with Crippen molar-refractivity contribution in [3.63, 3.8) is 0 Å². The Balaban J connectivity index is 1.67. The maximum Gasteiger partial charge on any atom is 0.0949 e. The number of rotatable bonds is 2. The van der Waals surface area contributed by atoms with Crippen molar-refractivity contribution in [3.05, 3.63) is 35.4 Å². The van der Waals surface area contributed by atoms with E-state index in [1.54, 1.807) is 0 Å². The second-order valence-electron chi connectivity index (χ2n) is 5.92. The summed E-state index contributed by atoms with van der Waals surface area (Å²) in [6.07, 6.45) is 8.66. The quantitative estimate of drug-likeness (QED) is 0.816. The van der Waals surface area contributed by atoms with Gasteiger partial charge in [-0.2, -0.15) is 0 Å². The average Bonchev–Trinajstić information content (AvgIpc) is 2.77. The topological polar surface area (TPSA) is 21.3 Å². The van der Waals surface area contributed by atoms with Crippen LogP contribution >= 0.6 is 0 Å². The zero-order valence-corrected chi connectivity index (χ0v) is 11.7. The molecule has 1 N–H and O–H groups in total. The molecule has 1 aromatic carbocycles. The van der Waals surface area contributed by atoms with Crippen molar-refractivity contribution in [1.82, 2.24) is 5.32 Å². The summed E-state index contributed by atoms with van der Waals surface area (Å²) in [4.78, 5) is 0. The Labute approximate surface area is 116 Å². The van der Waals surface area contributed by atoms with Crippen LogP contribution in [0.4, 0.5) is 0 Å². The van der Waals surface area contributed by atoms with Gasteiger partial charge in [-0.05, 0) is 29.9 Å². The van der Waals surface area contributed by atoms with Crippen molar-refractivity contribution in [2.24, 2.45) is 0 Å². The number of hydrogen-bond donors (Lipinski definition) is 1. The number of morpholine rings is 1. The minimum atomic E-state index is 0.247. The van der Waals surface area contributed by atoms with Crippen LogP contribution in [0.3, 0.4) is 0 Å². The van der Waals surface area contributed by atoms with Gasteiger partial charge >= 0.3 is 0 Å². The van der Waals surface area contributed by atoms with Crippen LogP contribution in [0, 0.1) is 0 Å². The van der Waals surface area contributed by atoms with Gasteiger partial charge in [-0.1, -0.05) is 49.9 Å². The van der Waals surface area contributed by atoms with Gasteiger partial charge in [0, 0.05) is 13.1 Å². The molecule has 1 saturated carbocycles. The second-order valence-corrected chi connectivity index (χ2v) is 5.92. The standard InChI is InChI=1S/C17H25NO/c1-2-4-6-14(5-3-1)15-7-9-16(10-8-15)17-13-18-11-12-19-17/h7-10,14,17-18H,1-6,11-13H2. The molecule has 0 spiro atoms. The van der Waals surface area contributed by atoms with E-state index in [0.29, 0.717) is 0 Å². The largest absolute Gasteiger partial charge is 0.371 e. The highest BCUT2D eigenvalue weighted by atomic mass is 16.5. The third kappa shape index (κ3) is 3.37. The lowest BCUT2D eigenvalue weighted by atomic mass is 9.91. The van der Waals surface area contributed by atoms with Gasteiger partial charge in [-0.15, -0.1) is 0 Å². The second kappa shape index (κ2) is 6.53. The predicted octanol–water partition coefficient (Wildman–Crippen LogP) is 3.79. The first-order valence-corrected chi connectivity index (χ1v) is 7.85. The van der Waals surface area contributed by atoms with E-state index in [-0.39, 0.29) is 6.10 Å². The van der Waals surface area contributed by atoms with Crippen molar-refractivity contribution in [3.8, 4) is 0 Å². The number of nitrogens with one attached hydrogen (secondary N) is 1. The van der Waals surface area contributed by atoms with Gasteiger partial charge in [-0.25, -0.2) is 0 Å². The summed E-state index contributed by atoms with van der Waals surface area (Å²) < 4.78 is 5.81. The lowest BCUT2D eigenvalue weighted by Crippen LogP contribution is -2.33. The van der Waals surface area contributed by atoms with Gasteiger partial charge < -0.3 is 10.1 Å². The molecule has 1 atom stereocenters. The van der Waals surface area contributed by atoms with E-state index in [2.05, 4.69) is 29.6 Å². The van der Waals surface area contributed by atoms with Crippen molar-refractivity contribution in [2.75, 3.05) is 19.7 Å². The highest BCUT2D eigenvalue weighted by molar-refractivity contribution is 5.27. The first-order valence-electron chi connectivity index (χ1n) is 7.85. The number of hydrogen-bond acceptors (Lipinski definition) is 2. The van der Waals surface area contributed by atoms with Crippen molar-refractivity contribution >= 4 is 0 Å². The molecule has 1 saturated heterocycles. The number of ether oxygens (including phenoxy) is 1. The Hall–Kier alpha value is -0.860. The molecule has 0 aromatic heterocycles. The molecule has 2 fully saturated rings. The highest BCUT2D eigenvalue weighted by Crippen LogP contribution is 2.32. The van der Waals surface area contributed by atoms with E-state index < -0.39 is 0 Å². The molecule has 0 bridgehead atoms. The van der Waals surface area contributed by atoms with Crippen molar-refractivity contribution in [2.45, 2.75) is 50.5 Å². The summed E-state index contributed by atoms with van der Waals surface area (Å²) in [6.45, 7) is 2.76. The molecule has 0 radical (unpaired) electrons. The average molecular weight is 259 g/mol. The molecule has 1 aliphatic carbocycles. The van der Waals surface area contributed by atoms with E-state index in [9.17, 15) is 0 Å². The van der Waals surface area contributed by atoms with Crippen molar-refractivity contribution in [1.29, 1.82) is 0 Å². The Morgan fingerprint density at radius 1 is 0.895 bits per heavy atom. The first-order chi connectivity index (χ1) is 9.43. The molecular weight excluding hydrogens is 234 g/mol. The molecule has 1 unspecified atom stereocenters. The molecule has 2 nitrogen and oxygen atoms in total.